The number of fused-ring (bicyclic) bond motifs is 1. The van der Waals surface area contributed by atoms with Crippen molar-refractivity contribution >= 4 is 34.9 Å². The Kier molecular flexibility index (Phi) is 4.52. The molecule has 0 spiro atoms. The number of halogens is 1. The molecule has 26 heavy (non-hydrogen) atoms. The molecule has 0 aliphatic carbocycles. The van der Waals surface area contributed by atoms with Gasteiger partial charge in [0.1, 0.15) is 17.8 Å². The highest BCUT2D eigenvalue weighted by molar-refractivity contribution is 6.00. The van der Waals surface area contributed by atoms with Gasteiger partial charge < -0.3 is 20.3 Å². The summed E-state index contributed by atoms with van der Waals surface area (Å²) in [6, 6.07) is 0. The fourth-order valence-corrected chi connectivity index (χ4v) is 2.75. The lowest BCUT2D eigenvalue weighted by Gasteiger charge is -2.43. The molecular formula is C15H16FN7O3. The van der Waals surface area contributed by atoms with Gasteiger partial charge in [-0.1, -0.05) is 0 Å². The minimum absolute atomic E-state index is 0.0482. The summed E-state index contributed by atoms with van der Waals surface area (Å²) in [4.78, 5) is 33.6. The number of aryl methyl sites for hydroxylation is 1. The van der Waals surface area contributed by atoms with Crippen molar-refractivity contribution in [1.29, 1.82) is 0 Å². The van der Waals surface area contributed by atoms with Gasteiger partial charge in [0.2, 0.25) is 5.67 Å². The largest absolute Gasteiger partial charge is 0.483 e. The number of aromatic amines is 2. The van der Waals surface area contributed by atoms with E-state index in [0.29, 0.717) is 17.2 Å². The van der Waals surface area contributed by atoms with Crippen molar-refractivity contribution in [1.82, 2.24) is 25.1 Å². The fourth-order valence-electron chi connectivity index (χ4n) is 2.75. The van der Waals surface area contributed by atoms with Gasteiger partial charge >= 0.3 is 0 Å². The lowest BCUT2D eigenvalue weighted by Crippen LogP contribution is -2.65. The molecule has 1 aliphatic rings. The molecule has 4 heterocycles. The van der Waals surface area contributed by atoms with E-state index in [0.717, 1.165) is 10.9 Å². The molecule has 4 rings (SSSR count). The van der Waals surface area contributed by atoms with Gasteiger partial charge in [0.25, 0.3) is 12.4 Å². The highest BCUT2D eigenvalue weighted by Crippen LogP contribution is 2.35. The summed E-state index contributed by atoms with van der Waals surface area (Å²) in [6.45, 7) is 1.58. The first-order valence-electron chi connectivity index (χ1n) is 7.59. The molecule has 4 N–H and O–H groups in total. The van der Waals surface area contributed by atoms with E-state index in [1.165, 1.54) is 18.7 Å². The minimum atomic E-state index is -1.95. The summed E-state index contributed by atoms with van der Waals surface area (Å²) in [5.41, 5.74) is 0.177. The van der Waals surface area contributed by atoms with Crippen LogP contribution in [0.25, 0.3) is 11.0 Å². The number of hydrogen-bond acceptors (Lipinski definition) is 6. The summed E-state index contributed by atoms with van der Waals surface area (Å²) >= 11 is 0. The number of alkyl halides is 1. The molecule has 0 atom stereocenters. The van der Waals surface area contributed by atoms with Gasteiger partial charge in [0.15, 0.2) is 0 Å². The van der Waals surface area contributed by atoms with Crippen molar-refractivity contribution in [2.24, 2.45) is 0 Å². The number of carboxylic acid groups (broad SMARTS) is 1. The number of carbonyl (C=O) groups excluding carboxylic acids is 1. The molecule has 3 aromatic heterocycles. The van der Waals surface area contributed by atoms with E-state index < -0.39 is 11.6 Å². The topological polar surface area (TPSA) is 140 Å². The van der Waals surface area contributed by atoms with E-state index in [9.17, 15) is 9.18 Å². The first-order chi connectivity index (χ1) is 12.5. The van der Waals surface area contributed by atoms with Crippen LogP contribution in [0.4, 0.5) is 15.9 Å². The third-order valence-electron chi connectivity index (χ3n) is 3.99. The van der Waals surface area contributed by atoms with E-state index in [2.05, 4.69) is 30.5 Å². The summed E-state index contributed by atoms with van der Waals surface area (Å²) in [6.07, 6.45) is 6.18. The highest BCUT2D eigenvalue weighted by Gasteiger charge is 2.51. The van der Waals surface area contributed by atoms with Gasteiger partial charge in [-0.25, -0.2) is 14.4 Å². The van der Waals surface area contributed by atoms with E-state index in [1.54, 1.807) is 4.90 Å². The molecule has 136 valence electrons. The third-order valence-corrected chi connectivity index (χ3v) is 3.99. The van der Waals surface area contributed by atoms with Crippen molar-refractivity contribution in [2.45, 2.75) is 12.6 Å². The lowest BCUT2D eigenvalue weighted by atomic mass is 9.94. The normalized spacial score (nSPS) is 14.9. The fraction of sp³-hybridized carbons (Fsp3) is 0.267. The average Bonchev–Trinajstić information content (AvgIpc) is 3.23. The zero-order valence-electron chi connectivity index (χ0n) is 13.7. The van der Waals surface area contributed by atoms with E-state index in [4.69, 9.17) is 9.90 Å². The Morgan fingerprint density at radius 3 is 2.81 bits per heavy atom. The molecule has 1 fully saturated rings. The van der Waals surface area contributed by atoms with Crippen LogP contribution in [0, 0.1) is 6.92 Å². The Bertz CT molecular complexity index is 919. The smallest absolute Gasteiger partial charge is 0.290 e. The standard InChI is InChI=1S/C14H14FN7O.CH2O2/c1-8-2-16-11-10(8)12(18-7-17-11)22-5-14(15,6-22)13(23)21-9-3-19-20-4-9;2-1-3/h2-4,7H,5-6H2,1H3,(H,19,20)(H,21,23)(H,16,17,18);1H,(H,2,3). The molecule has 11 heteroatoms. The van der Waals surface area contributed by atoms with Gasteiger partial charge in [0.05, 0.1) is 30.4 Å². The Morgan fingerprint density at radius 2 is 2.15 bits per heavy atom. The van der Waals surface area contributed by atoms with Gasteiger partial charge in [-0.2, -0.15) is 5.10 Å². The number of H-pyrrole nitrogens is 2. The van der Waals surface area contributed by atoms with Crippen LogP contribution in [-0.2, 0) is 9.59 Å². The molecule has 3 aromatic rings. The maximum atomic E-state index is 14.7. The SMILES string of the molecule is Cc1c[nH]c2ncnc(N3CC(F)(C(=O)Nc4cn[nH]c4)C3)c12.O=CO. The molecule has 0 saturated carbocycles. The van der Waals surface area contributed by atoms with Crippen molar-refractivity contribution in [3.05, 3.63) is 30.5 Å². The maximum absolute atomic E-state index is 14.7. The van der Waals surface area contributed by atoms with Crippen molar-refractivity contribution in [3.63, 3.8) is 0 Å². The van der Waals surface area contributed by atoms with Crippen LogP contribution in [0.5, 0.6) is 0 Å². The second kappa shape index (κ2) is 6.78. The first kappa shape index (κ1) is 17.3. The number of carbonyl (C=O) groups is 2. The Morgan fingerprint density at radius 1 is 1.42 bits per heavy atom. The zero-order valence-corrected chi connectivity index (χ0v) is 13.7. The van der Waals surface area contributed by atoms with Crippen LogP contribution in [0.15, 0.2) is 24.9 Å². The predicted octanol–water partition coefficient (Wildman–Crippen LogP) is 0.857. The van der Waals surface area contributed by atoms with Crippen molar-refractivity contribution < 1.29 is 19.1 Å². The highest BCUT2D eigenvalue weighted by atomic mass is 19.1. The molecule has 1 aliphatic heterocycles. The van der Waals surface area contributed by atoms with Crippen LogP contribution in [0.3, 0.4) is 0 Å². The van der Waals surface area contributed by atoms with Gasteiger partial charge in [-0.05, 0) is 12.5 Å². The number of nitrogens with zero attached hydrogens (tertiary/aromatic N) is 4. The maximum Gasteiger partial charge on any atom is 0.290 e. The molecule has 1 saturated heterocycles. The van der Waals surface area contributed by atoms with Gasteiger partial charge in [0, 0.05) is 12.4 Å². The van der Waals surface area contributed by atoms with Crippen LogP contribution < -0.4 is 10.2 Å². The summed E-state index contributed by atoms with van der Waals surface area (Å²) in [5.74, 6) is -0.0376. The van der Waals surface area contributed by atoms with Gasteiger partial charge in [-0.15, -0.1) is 0 Å². The number of hydrogen-bond donors (Lipinski definition) is 4. The quantitative estimate of drug-likeness (QED) is 0.507. The molecule has 10 nitrogen and oxygen atoms in total. The van der Waals surface area contributed by atoms with E-state index >= 15 is 0 Å². The van der Waals surface area contributed by atoms with Crippen LogP contribution in [0.2, 0.25) is 0 Å². The van der Waals surface area contributed by atoms with E-state index in [-0.39, 0.29) is 19.6 Å². The molecular weight excluding hydrogens is 345 g/mol. The van der Waals surface area contributed by atoms with Crippen LogP contribution >= 0.6 is 0 Å². The summed E-state index contributed by atoms with van der Waals surface area (Å²) in [5, 5.41) is 16.5. The third kappa shape index (κ3) is 3.06. The number of rotatable bonds is 3. The second-order valence-electron chi connectivity index (χ2n) is 5.76. The molecule has 0 bridgehead atoms. The monoisotopic (exact) mass is 361 g/mol. The Balaban J connectivity index is 0.000000613. The molecule has 0 unspecified atom stereocenters. The number of nitrogens with one attached hydrogen (secondary N) is 3. The van der Waals surface area contributed by atoms with Gasteiger partial charge in [-0.3, -0.25) is 14.7 Å². The predicted molar refractivity (Wildman–Crippen MR) is 90.6 cm³/mol. The first-order valence-corrected chi connectivity index (χ1v) is 7.59. The Hall–Kier alpha value is -3.50. The lowest BCUT2D eigenvalue weighted by molar-refractivity contribution is -0.129. The van der Waals surface area contributed by atoms with Crippen LogP contribution in [-0.4, -0.2) is 61.4 Å². The van der Waals surface area contributed by atoms with Crippen LogP contribution in [0.1, 0.15) is 5.56 Å². The summed E-state index contributed by atoms with van der Waals surface area (Å²) < 4.78 is 14.7. The molecule has 0 radical (unpaired) electrons. The minimum Gasteiger partial charge on any atom is -0.483 e. The summed E-state index contributed by atoms with van der Waals surface area (Å²) in [7, 11) is 0. The molecule has 0 aromatic carbocycles. The zero-order chi connectivity index (χ0) is 18.7. The molecule has 1 amide bonds. The van der Waals surface area contributed by atoms with E-state index in [1.807, 2.05) is 13.1 Å². The number of amides is 1. The van der Waals surface area contributed by atoms with Crippen molar-refractivity contribution in [2.75, 3.05) is 23.3 Å². The second-order valence-corrected chi connectivity index (χ2v) is 5.76. The number of anilines is 2. The number of aromatic nitrogens is 5. The average molecular weight is 361 g/mol. The van der Waals surface area contributed by atoms with Crippen molar-refractivity contribution in [3.8, 4) is 0 Å². The Labute approximate surface area is 146 Å².